The molecule has 5 rings (SSSR count). The van der Waals surface area contributed by atoms with Crippen LogP contribution in [0.3, 0.4) is 0 Å². The predicted molar refractivity (Wildman–Crippen MR) is 419 cm³/mol. The number of esters is 1. The average Bonchev–Trinajstić information content (AvgIpc) is 1.75. The van der Waals surface area contributed by atoms with Crippen LogP contribution in [0.15, 0.2) is 72.9 Å². The van der Waals surface area contributed by atoms with Gasteiger partial charge >= 0.3 is 11.9 Å². The molecule has 18 atom stereocenters. The molecular weight excluding hydrogens is 1510 g/mol. The zero-order valence-corrected chi connectivity index (χ0v) is 68.1. The van der Waals surface area contributed by atoms with Crippen LogP contribution in [0, 0.1) is 23.7 Å². The van der Waals surface area contributed by atoms with Crippen LogP contribution in [0.25, 0.3) is 0 Å². The van der Waals surface area contributed by atoms with Crippen LogP contribution in [-0.4, -0.2) is 244 Å². The SMILES string of the molecule is C=C1NC(=O)[C@H]([C@@H](C)CC)NC(=O)[C@@H]2CSSC[C@H](NC(=O)CCC(=O)O)C(=O)N[C@H](Cc3ccccc3)C(=O)N[C@H](C)C(=O)N[C@@H](C[C@@H](C)CC)C(=O)N[C@@H](C(=O)NC(Cc3ccccc3)C(=O)N3CCC[C@H]3C(=O)N2)[C@@H](C)OC(=O)[C@H](CO)NC(=O)[C@H]([C@@H](C)OC)N(C)C(=O)C(C(C)C)NC(=O)[C@H](C[C@H](C)CC)NC1=O. The first-order chi connectivity index (χ1) is 53.5. The monoisotopic (exact) mass is 1620 g/mol. The number of fused-ring (bicyclic) bond motifs is 6. The van der Waals surface area contributed by atoms with Gasteiger partial charge in [0.05, 0.1) is 24.8 Å². The molecule has 0 saturated carbocycles. The molecule has 2 aromatic carbocycles. The fourth-order valence-corrected chi connectivity index (χ4v) is 15.0. The van der Waals surface area contributed by atoms with Crippen molar-refractivity contribution in [1.29, 1.82) is 0 Å². The van der Waals surface area contributed by atoms with Crippen LogP contribution in [0.1, 0.15) is 145 Å². The van der Waals surface area contributed by atoms with E-state index in [2.05, 4.69) is 70.4 Å². The molecule has 14 N–H and O–H groups in total. The van der Waals surface area contributed by atoms with E-state index >= 15 is 24.0 Å². The Balaban J connectivity index is 1.80. The van der Waals surface area contributed by atoms with Crippen molar-refractivity contribution in [2.75, 3.05) is 38.8 Å². The highest BCUT2D eigenvalue weighted by Gasteiger charge is 2.45. The van der Waals surface area contributed by atoms with Gasteiger partial charge in [-0.3, -0.25) is 71.9 Å². The highest BCUT2D eigenvalue weighted by atomic mass is 33.1. The molecule has 3 aliphatic heterocycles. The predicted octanol–water partition coefficient (Wildman–Crippen LogP) is 0.0792. The Bertz CT molecular complexity index is 3690. The molecular formula is C77H114N14O20S2. The molecule has 0 aromatic heterocycles. The Kier molecular flexibility index (Phi) is 38.1. The molecule has 2 unspecified atom stereocenters. The third kappa shape index (κ3) is 28.4. The van der Waals surface area contributed by atoms with Gasteiger partial charge in [0.2, 0.25) is 76.8 Å². The summed E-state index contributed by atoms with van der Waals surface area (Å²) in [4.78, 5) is 236. The number of amides is 14. The Morgan fingerprint density at radius 3 is 1.70 bits per heavy atom. The van der Waals surface area contributed by atoms with Crippen LogP contribution < -0.4 is 63.8 Å². The van der Waals surface area contributed by atoms with Crippen molar-refractivity contribution in [3.05, 3.63) is 84.1 Å². The third-order valence-electron chi connectivity index (χ3n) is 20.3. The number of methoxy groups -OCH3 is 1. The molecule has 0 spiro atoms. The maximum absolute atomic E-state index is 15.6. The minimum absolute atomic E-state index is 0.0134. The van der Waals surface area contributed by atoms with Crippen molar-refractivity contribution in [1.82, 2.24) is 73.6 Å². The third-order valence-corrected chi connectivity index (χ3v) is 22.7. The second-order valence-electron chi connectivity index (χ2n) is 29.4. The largest absolute Gasteiger partial charge is 0.481 e. The molecule has 14 amide bonds. The van der Waals surface area contributed by atoms with Gasteiger partial charge < -0.3 is 93.3 Å². The van der Waals surface area contributed by atoms with E-state index in [0.717, 1.165) is 26.5 Å². The lowest BCUT2D eigenvalue weighted by molar-refractivity contribution is -0.158. The van der Waals surface area contributed by atoms with E-state index in [4.69, 9.17) is 9.47 Å². The highest BCUT2D eigenvalue weighted by molar-refractivity contribution is 8.76. The van der Waals surface area contributed by atoms with Crippen molar-refractivity contribution in [2.45, 2.75) is 238 Å². The Labute approximate surface area is 667 Å². The van der Waals surface area contributed by atoms with Crippen molar-refractivity contribution in [2.24, 2.45) is 23.7 Å². The topological polar surface area (TPSA) is 483 Å². The Hall–Kier alpha value is -9.68. The number of carboxylic acid groups (broad SMARTS) is 1. The van der Waals surface area contributed by atoms with Crippen LogP contribution >= 0.6 is 21.6 Å². The number of ether oxygens (including phenoxy) is 2. The molecule has 0 radical (unpaired) electrons. The van der Waals surface area contributed by atoms with E-state index in [9.17, 15) is 63.0 Å². The number of aliphatic carboxylic acids is 1. The number of carbonyl (C=O) groups is 16. The summed E-state index contributed by atoms with van der Waals surface area (Å²) in [7, 11) is 4.24. The van der Waals surface area contributed by atoms with Crippen LogP contribution in [0.2, 0.25) is 0 Å². The van der Waals surface area contributed by atoms with Crippen molar-refractivity contribution >= 4 is 116 Å². The van der Waals surface area contributed by atoms with Gasteiger partial charge in [-0.15, -0.1) is 0 Å². The molecule has 34 nitrogen and oxygen atoms in total. The molecule has 3 heterocycles. The molecule has 36 heteroatoms. The van der Waals surface area contributed by atoms with Gasteiger partial charge in [-0.25, -0.2) is 4.79 Å². The van der Waals surface area contributed by atoms with Gasteiger partial charge in [0.15, 0.2) is 6.04 Å². The summed E-state index contributed by atoms with van der Waals surface area (Å²) in [6, 6.07) is -4.17. The Morgan fingerprint density at radius 1 is 0.593 bits per heavy atom. The number of aliphatic hydroxyl groups excluding tert-OH is 1. The lowest BCUT2D eigenvalue weighted by atomic mass is 9.96. The summed E-state index contributed by atoms with van der Waals surface area (Å²) in [5.74, 6) is -19.1. The van der Waals surface area contributed by atoms with Gasteiger partial charge in [0.1, 0.15) is 78.6 Å². The highest BCUT2D eigenvalue weighted by Crippen LogP contribution is 2.27. The quantitative estimate of drug-likeness (QED) is 0.0474. The lowest BCUT2D eigenvalue weighted by Gasteiger charge is -2.36. The number of nitrogens with zero attached hydrogens (tertiary/aromatic N) is 2. The number of benzene rings is 2. The number of hydrogen-bond donors (Lipinski definition) is 14. The summed E-state index contributed by atoms with van der Waals surface area (Å²) >= 11 is 0. The lowest BCUT2D eigenvalue weighted by Crippen LogP contribution is -2.63. The normalized spacial score (nSPS) is 27.4. The summed E-state index contributed by atoms with van der Waals surface area (Å²) < 4.78 is 11.5. The second kappa shape index (κ2) is 45.9. The summed E-state index contributed by atoms with van der Waals surface area (Å²) in [6.45, 7) is 20.1. The van der Waals surface area contributed by atoms with Gasteiger partial charge in [0.25, 0.3) is 5.91 Å². The zero-order chi connectivity index (χ0) is 84.1. The van der Waals surface area contributed by atoms with Gasteiger partial charge in [-0.2, -0.15) is 0 Å². The van der Waals surface area contributed by atoms with E-state index in [1.54, 1.807) is 109 Å². The summed E-state index contributed by atoms with van der Waals surface area (Å²) in [6.07, 6.45) is -3.54. The van der Waals surface area contributed by atoms with E-state index in [-0.39, 0.29) is 69.1 Å². The molecule has 113 heavy (non-hydrogen) atoms. The smallest absolute Gasteiger partial charge is 0.331 e. The number of likely N-dealkylation sites (N-methyl/N-ethyl adjacent to an activating group) is 1. The average molecular weight is 1620 g/mol. The number of carbonyl (C=O) groups excluding carboxylic acids is 15. The van der Waals surface area contributed by atoms with Crippen molar-refractivity contribution in [3.8, 4) is 0 Å². The molecule has 3 aliphatic rings. The Morgan fingerprint density at radius 2 is 1.13 bits per heavy atom. The minimum atomic E-state index is -2.05. The molecule has 3 saturated heterocycles. The molecule has 0 aliphatic carbocycles. The van der Waals surface area contributed by atoms with E-state index < -0.39 is 228 Å². The van der Waals surface area contributed by atoms with Gasteiger partial charge in [-0.05, 0) is 81.3 Å². The fraction of sp³-hybridized carbons (Fsp3) is 0.610. The first kappa shape index (κ1) is 93.9. The number of rotatable bonds is 20. The number of cyclic esters (lactones) is 1. The molecule has 624 valence electrons. The van der Waals surface area contributed by atoms with Gasteiger partial charge in [0, 0.05) is 51.5 Å². The van der Waals surface area contributed by atoms with Crippen molar-refractivity contribution in [3.63, 3.8) is 0 Å². The summed E-state index contributed by atoms with van der Waals surface area (Å²) in [5.41, 5.74) is 0.407. The van der Waals surface area contributed by atoms with Crippen LogP contribution in [0.4, 0.5) is 0 Å². The van der Waals surface area contributed by atoms with E-state index in [0.29, 0.717) is 24.0 Å². The number of nitrogens with one attached hydrogen (secondary N) is 12. The van der Waals surface area contributed by atoms with Gasteiger partial charge in [-0.1, -0.05) is 163 Å². The zero-order valence-electron chi connectivity index (χ0n) is 66.5. The van der Waals surface area contributed by atoms with Crippen LogP contribution in [0.5, 0.6) is 0 Å². The van der Waals surface area contributed by atoms with Crippen LogP contribution in [-0.2, 0) is 99.0 Å². The first-order valence-electron chi connectivity index (χ1n) is 38.3. The first-order valence-corrected chi connectivity index (χ1v) is 40.7. The van der Waals surface area contributed by atoms with Crippen molar-refractivity contribution < 1.29 is 96.4 Å². The molecule has 3 fully saturated rings. The number of carboxylic acids is 1. The number of aliphatic hydroxyl groups is 1. The minimum Gasteiger partial charge on any atom is -0.481 e. The van der Waals surface area contributed by atoms with E-state index in [1.165, 1.54) is 39.8 Å². The molecule has 2 bridgehead atoms. The van der Waals surface area contributed by atoms with E-state index in [1.807, 2.05) is 6.92 Å². The second-order valence-corrected chi connectivity index (χ2v) is 32.0. The number of hydrogen-bond acceptors (Lipinski definition) is 21. The summed E-state index contributed by atoms with van der Waals surface area (Å²) in [5, 5.41) is 51.9. The maximum Gasteiger partial charge on any atom is 0.331 e. The fourth-order valence-electron chi connectivity index (χ4n) is 12.6. The maximum atomic E-state index is 15.6. The molecule has 2 aromatic rings. The standard InChI is InChI=1S/C77H114N14O20S2/c1-15-41(6)33-50-67(99)87-60(40(4)5)76(108)90(13)63(47(12)110-14)74(106)85-54(37-92)77(109)111-46(11)62-73(105)84-53(36-49-27-22-19-23-28-49)75(107)91-32-24-29-57(91)71(103)86-56(70(102)88-61(43(8)17-3)72(104)79-45(10)65(97)81-50)39-113-112-38-55(80-58(93)30-31-59(94)95)69(101)83-52(35-48-25-20-18-21-26-48)66(98)78-44(9)64(96)82-51(68(100)89-62)34-42(7)16-2/h18-23,25-28,40-44,46-47,50-57,60-63,92H,10,15-17,24,29-39H2,1-9,11-14H3,(H,78,98)(H,79,104)(H,80,93)(H,81,97)(H,82,96)(H,83,101)(H,84,105)(H,85,106)(H,86,103)(H,87,99)(H,88,102)(H,89,100)(H,94,95)/t41-,42+,43+,44-,46-,47-,50+,51+,52-,53?,54+,55+,56+,57+,60?,61+,62-,63+/m1/s1.